The monoisotopic (exact) mass is 394 g/mol. The fourth-order valence-electron chi connectivity index (χ4n) is 2.53. The van der Waals surface area contributed by atoms with Crippen molar-refractivity contribution in [1.82, 2.24) is 14.8 Å². The topological polar surface area (TPSA) is 76.9 Å². The van der Waals surface area contributed by atoms with Crippen LogP contribution in [0.1, 0.15) is 11.1 Å². The molecule has 0 radical (unpaired) electrons. The van der Waals surface area contributed by atoms with Gasteiger partial charge in [-0.15, -0.1) is 21.5 Å². The van der Waals surface area contributed by atoms with Crippen LogP contribution in [0.4, 0.5) is 5.69 Å². The minimum atomic E-state index is -3.64. The fourth-order valence-corrected chi connectivity index (χ4v) is 5.38. The van der Waals surface area contributed by atoms with E-state index >= 15 is 0 Å². The molecular weight excluding hydrogens is 376 g/mol. The highest BCUT2D eigenvalue weighted by atomic mass is 32.2. The van der Waals surface area contributed by atoms with Crippen LogP contribution in [0.15, 0.2) is 39.7 Å². The number of aromatic nitrogens is 3. The van der Waals surface area contributed by atoms with E-state index in [1.165, 1.54) is 23.1 Å². The molecule has 0 atom stereocenters. The van der Waals surface area contributed by atoms with E-state index in [1.54, 1.807) is 12.1 Å². The van der Waals surface area contributed by atoms with Crippen molar-refractivity contribution < 1.29 is 8.42 Å². The molecule has 3 rings (SSSR count). The normalized spacial score (nSPS) is 11.7. The number of nitrogens with zero attached hydrogens (tertiary/aromatic N) is 3. The zero-order valence-corrected chi connectivity index (χ0v) is 16.7. The first-order valence-corrected chi connectivity index (χ1v) is 11.0. The Bertz CT molecular complexity index is 1000. The maximum Gasteiger partial charge on any atom is 0.271 e. The summed E-state index contributed by atoms with van der Waals surface area (Å²) in [7, 11) is -1.78. The highest BCUT2D eigenvalue weighted by molar-refractivity contribution is 7.98. The summed E-state index contributed by atoms with van der Waals surface area (Å²) in [5.41, 5.74) is 2.58. The average molecular weight is 395 g/mol. The van der Waals surface area contributed by atoms with Crippen molar-refractivity contribution in [2.45, 2.75) is 23.2 Å². The Morgan fingerprint density at radius 3 is 2.40 bits per heavy atom. The van der Waals surface area contributed by atoms with Crippen LogP contribution >= 0.6 is 23.1 Å². The van der Waals surface area contributed by atoms with Gasteiger partial charge in [0.25, 0.3) is 10.0 Å². The minimum absolute atomic E-state index is 0.246. The second-order valence-electron chi connectivity index (χ2n) is 5.67. The first kappa shape index (κ1) is 18.0. The molecule has 0 unspecified atom stereocenters. The van der Waals surface area contributed by atoms with Crippen LogP contribution < -0.4 is 4.72 Å². The van der Waals surface area contributed by atoms with E-state index in [1.807, 2.05) is 49.9 Å². The predicted octanol–water partition coefficient (Wildman–Crippen LogP) is 3.68. The summed E-state index contributed by atoms with van der Waals surface area (Å²) in [5, 5.41) is 9.01. The number of hydrogen-bond donors (Lipinski definition) is 1. The minimum Gasteiger partial charge on any atom is -0.305 e. The Kier molecular flexibility index (Phi) is 4.90. The Labute approximate surface area is 155 Å². The number of aryl methyl sites for hydroxylation is 2. The van der Waals surface area contributed by atoms with Gasteiger partial charge in [0.05, 0.1) is 4.88 Å². The lowest BCUT2D eigenvalue weighted by atomic mass is 10.1. The van der Waals surface area contributed by atoms with Crippen LogP contribution in [0.25, 0.3) is 10.7 Å². The first-order valence-electron chi connectivity index (χ1n) is 7.45. The highest BCUT2D eigenvalue weighted by Crippen LogP contribution is 2.31. The second kappa shape index (κ2) is 6.81. The van der Waals surface area contributed by atoms with Gasteiger partial charge < -0.3 is 4.57 Å². The van der Waals surface area contributed by atoms with Crippen molar-refractivity contribution in [3.05, 3.63) is 41.5 Å². The molecule has 6 nitrogen and oxygen atoms in total. The molecule has 0 amide bonds. The number of sulfonamides is 1. The standard InChI is InChI=1S/C16H18N4O2S3/c1-10-7-11(2)9-12(8-10)19-25(21,22)14-6-5-13(24-14)15-17-18-16(23-4)20(15)3/h5-9,19H,1-4H3. The third-order valence-electron chi connectivity index (χ3n) is 3.56. The van der Waals surface area contributed by atoms with Crippen LogP contribution in [0.3, 0.4) is 0 Å². The lowest BCUT2D eigenvalue weighted by molar-refractivity contribution is 0.603. The molecule has 0 saturated carbocycles. The van der Waals surface area contributed by atoms with Gasteiger partial charge in [0.2, 0.25) is 0 Å². The second-order valence-corrected chi connectivity index (χ2v) is 9.44. The molecule has 3 aromatic rings. The number of benzene rings is 1. The number of anilines is 1. The highest BCUT2D eigenvalue weighted by Gasteiger charge is 2.20. The zero-order chi connectivity index (χ0) is 18.2. The van der Waals surface area contributed by atoms with E-state index in [2.05, 4.69) is 14.9 Å². The van der Waals surface area contributed by atoms with Crippen molar-refractivity contribution in [1.29, 1.82) is 0 Å². The molecule has 2 heterocycles. The third kappa shape index (κ3) is 3.73. The summed E-state index contributed by atoms with van der Waals surface area (Å²) in [6, 6.07) is 8.98. The number of nitrogens with one attached hydrogen (secondary N) is 1. The predicted molar refractivity (Wildman–Crippen MR) is 103 cm³/mol. The molecule has 9 heteroatoms. The molecule has 0 fully saturated rings. The molecule has 0 spiro atoms. The van der Waals surface area contributed by atoms with Gasteiger partial charge in [0.15, 0.2) is 11.0 Å². The maximum absolute atomic E-state index is 12.7. The Morgan fingerprint density at radius 2 is 1.80 bits per heavy atom. The molecule has 0 bridgehead atoms. The van der Waals surface area contributed by atoms with Gasteiger partial charge >= 0.3 is 0 Å². The van der Waals surface area contributed by atoms with Crippen LogP contribution in [0, 0.1) is 13.8 Å². The molecule has 0 aliphatic rings. The Morgan fingerprint density at radius 1 is 1.12 bits per heavy atom. The van der Waals surface area contributed by atoms with E-state index in [-0.39, 0.29) is 4.21 Å². The van der Waals surface area contributed by atoms with Gasteiger partial charge in [0, 0.05) is 12.7 Å². The number of thiophene rings is 1. The molecule has 1 N–H and O–H groups in total. The molecule has 0 saturated heterocycles. The molecule has 132 valence electrons. The van der Waals surface area contributed by atoms with Gasteiger partial charge in [0.1, 0.15) is 4.21 Å². The van der Waals surface area contributed by atoms with E-state index in [0.29, 0.717) is 11.5 Å². The van der Waals surface area contributed by atoms with Crippen LogP contribution in [0.2, 0.25) is 0 Å². The average Bonchev–Trinajstić information content (AvgIpc) is 3.12. The summed E-state index contributed by atoms with van der Waals surface area (Å²) in [4.78, 5) is 0.760. The molecule has 2 aromatic heterocycles. The van der Waals surface area contributed by atoms with E-state index in [4.69, 9.17) is 0 Å². The largest absolute Gasteiger partial charge is 0.305 e. The van der Waals surface area contributed by atoms with Crippen molar-refractivity contribution in [2.75, 3.05) is 11.0 Å². The summed E-state index contributed by atoms with van der Waals surface area (Å²) < 4.78 is 30.1. The Balaban J connectivity index is 1.91. The van der Waals surface area contributed by atoms with Gasteiger partial charge in [-0.1, -0.05) is 17.8 Å². The SMILES string of the molecule is CSc1nnc(-c2ccc(S(=O)(=O)Nc3cc(C)cc(C)c3)s2)n1C. The fraction of sp³-hybridized carbons (Fsp3) is 0.250. The summed E-state index contributed by atoms with van der Waals surface area (Å²) in [6.45, 7) is 3.87. The molecule has 25 heavy (non-hydrogen) atoms. The summed E-state index contributed by atoms with van der Waals surface area (Å²) in [5.74, 6) is 0.655. The van der Waals surface area contributed by atoms with Crippen molar-refractivity contribution in [2.24, 2.45) is 7.05 Å². The third-order valence-corrected chi connectivity index (χ3v) is 7.23. The van der Waals surface area contributed by atoms with E-state index in [0.717, 1.165) is 21.2 Å². The van der Waals surface area contributed by atoms with Gasteiger partial charge in [-0.25, -0.2) is 8.42 Å². The zero-order valence-electron chi connectivity index (χ0n) is 14.3. The summed E-state index contributed by atoms with van der Waals surface area (Å²) in [6.07, 6.45) is 1.92. The lowest BCUT2D eigenvalue weighted by Crippen LogP contribution is -2.11. The van der Waals surface area contributed by atoms with Crippen molar-refractivity contribution in [3.8, 4) is 10.7 Å². The maximum atomic E-state index is 12.7. The molecule has 1 aromatic carbocycles. The van der Waals surface area contributed by atoms with Crippen LogP contribution in [0.5, 0.6) is 0 Å². The van der Waals surface area contributed by atoms with Gasteiger partial charge in [-0.2, -0.15) is 0 Å². The van der Waals surface area contributed by atoms with Gasteiger partial charge in [-0.05, 0) is 55.5 Å². The molecule has 0 aliphatic heterocycles. The van der Waals surface area contributed by atoms with Crippen LogP contribution in [-0.2, 0) is 17.1 Å². The Hall–Kier alpha value is -1.84. The quantitative estimate of drug-likeness (QED) is 0.668. The van der Waals surface area contributed by atoms with Crippen LogP contribution in [-0.4, -0.2) is 29.4 Å². The summed E-state index contributed by atoms with van der Waals surface area (Å²) >= 11 is 2.67. The smallest absolute Gasteiger partial charge is 0.271 e. The lowest BCUT2D eigenvalue weighted by Gasteiger charge is -2.08. The number of thioether (sulfide) groups is 1. The van der Waals surface area contributed by atoms with Crippen molar-refractivity contribution >= 4 is 38.8 Å². The number of rotatable bonds is 5. The molecular formula is C16H18N4O2S3. The van der Waals surface area contributed by atoms with Crippen molar-refractivity contribution in [3.63, 3.8) is 0 Å². The molecule has 0 aliphatic carbocycles. The first-order chi connectivity index (χ1) is 11.8. The van der Waals surface area contributed by atoms with Gasteiger partial charge in [-0.3, -0.25) is 4.72 Å². The number of hydrogen-bond acceptors (Lipinski definition) is 6. The van der Waals surface area contributed by atoms with E-state index in [9.17, 15) is 8.42 Å². The van der Waals surface area contributed by atoms with E-state index < -0.39 is 10.0 Å².